The lowest BCUT2D eigenvalue weighted by molar-refractivity contribution is 0.0786. The van der Waals surface area contributed by atoms with Crippen molar-refractivity contribution in [3.05, 3.63) is 33.8 Å². The van der Waals surface area contributed by atoms with Gasteiger partial charge in [0.1, 0.15) is 0 Å². The lowest BCUT2D eigenvalue weighted by Crippen LogP contribution is -2.33. The van der Waals surface area contributed by atoms with Gasteiger partial charge in [-0.05, 0) is 31.4 Å². The van der Waals surface area contributed by atoms with E-state index in [2.05, 4.69) is 0 Å². The van der Waals surface area contributed by atoms with E-state index in [4.69, 9.17) is 28.9 Å². The summed E-state index contributed by atoms with van der Waals surface area (Å²) < 4.78 is 0. The first-order valence-corrected chi connectivity index (χ1v) is 6.75. The van der Waals surface area contributed by atoms with E-state index in [1.165, 1.54) is 0 Å². The first-order valence-electron chi connectivity index (χ1n) is 5.99. The fourth-order valence-electron chi connectivity index (χ4n) is 2.26. The molecule has 19 heavy (non-hydrogen) atoms. The smallest absolute Gasteiger partial charge is 0.256 e. The fraction of sp³-hybridized carbons (Fsp3) is 0.462. The summed E-state index contributed by atoms with van der Waals surface area (Å²) in [5.74, 6) is 0.254. The minimum atomic E-state index is -0.103. The number of amides is 1. The molecule has 0 radical (unpaired) electrons. The topological polar surface area (TPSA) is 46.3 Å². The van der Waals surface area contributed by atoms with Gasteiger partial charge in [-0.1, -0.05) is 29.3 Å². The third-order valence-electron chi connectivity index (χ3n) is 3.43. The lowest BCUT2D eigenvalue weighted by atomic mass is 10.0. The third-order valence-corrected chi connectivity index (χ3v) is 4.06. The third kappa shape index (κ3) is 3.54. The summed E-state index contributed by atoms with van der Waals surface area (Å²) >= 11 is 12.1. The Kier molecular flexibility index (Phi) is 5.93. The lowest BCUT2D eigenvalue weighted by Gasteiger charge is -2.19. The molecule has 0 aliphatic carbocycles. The van der Waals surface area contributed by atoms with Crippen LogP contribution < -0.4 is 5.73 Å². The van der Waals surface area contributed by atoms with Gasteiger partial charge in [0.2, 0.25) is 0 Å². The Hall–Kier alpha value is -0.480. The number of nitrogens with zero attached hydrogens (tertiary/aromatic N) is 1. The molecule has 2 rings (SSSR count). The Bertz CT molecular complexity index is 445. The van der Waals surface area contributed by atoms with Crippen molar-refractivity contribution >= 4 is 41.5 Å². The van der Waals surface area contributed by atoms with Crippen LogP contribution in [0.3, 0.4) is 0 Å². The van der Waals surface area contributed by atoms with Gasteiger partial charge in [0.25, 0.3) is 5.91 Å². The highest BCUT2D eigenvalue weighted by Gasteiger charge is 2.30. The maximum Gasteiger partial charge on any atom is 0.256 e. The second kappa shape index (κ2) is 6.80. The maximum absolute atomic E-state index is 12.4. The number of benzene rings is 1. The van der Waals surface area contributed by atoms with E-state index in [-0.39, 0.29) is 24.4 Å². The van der Waals surface area contributed by atoms with Gasteiger partial charge in [-0.2, -0.15) is 0 Å². The van der Waals surface area contributed by atoms with E-state index in [9.17, 15) is 4.79 Å². The zero-order valence-corrected chi connectivity index (χ0v) is 12.9. The van der Waals surface area contributed by atoms with Crippen LogP contribution in [0.25, 0.3) is 0 Å². The number of nitrogens with two attached hydrogens (primary N) is 1. The maximum atomic E-state index is 12.4. The van der Waals surface area contributed by atoms with Crippen LogP contribution in [-0.2, 0) is 0 Å². The largest absolute Gasteiger partial charge is 0.338 e. The number of carbonyl (C=O) groups excluding carboxylic acids is 1. The fourth-order valence-corrected chi connectivity index (χ4v) is 2.82. The first-order chi connectivity index (χ1) is 8.50. The molecule has 2 atom stereocenters. The van der Waals surface area contributed by atoms with Crippen LogP contribution in [0, 0.1) is 5.92 Å². The predicted octanol–water partition coefficient (Wildman–Crippen LogP) is 3.22. The van der Waals surface area contributed by atoms with E-state index >= 15 is 0 Å². The molecule has 2 unspecified atom stereocenters. The van der Waals surface area contributed by atoms with Gasteiger partial charge in [-0.25, -0.2) is 0 Å². The van der Waals surface area contributed by atoms with Gasteiger partial charge < -0.3 is 10.6 Å². The zero-order chi connectivity index (χ0) is 13.3. The van der Waals surface area contributed by atoms with E-state index in [0.29, 0.717) is 34.6 Å². The number of rotatable bonds is 2. The molecular weight excluding hydrogens is 307 g/mol. The molecule has 1 amide bonds. The van der Waals surface area contributed by atoms with Crippen LogP contribution in [-0.4, -0.2) is 29.9 Å². The van der Waals surface area contributed by atoms with Crippen molar-refractivity contribution in [1.82, 2.24) is 4.90 Å². The molecule has 1 saturated heterocycles. The summed E-state index contributed by atoms with van der Waals surface area (Å²) in [5.41, 5.74) is 6.26. The summed E-state index contributed by atoms with van der Waals surface area (Å²) in [7, 11) is 0. The van der Waals surface area contributed by atoms with E-state index in [0.717, 1.165) is 6.42 Å². The van der Waals surface area contributed by atoms with Crippen LogP contribution in [0.15, 0.2) is 18.2 Å². The molecule has 1 fully saturated rings. The van der Waals surface area contributed by atoms with Crippen molar-refractivity contribution in [2.24, 2.45) is 11.7 Å². The highest BCUT2D eigenvalue weighted by molar-refractivity contribution is 6.39. The van der Waals surface area contributed by atoms with Gasteiger partial charge >= 0.3 is 0 Å². The Morgan fingerprint density at radius 3 is 2.47 bits per heavy atom. The molecule has 1 aromatic rings. The number of likely N-dealkylation sites (tertiary alicyclic amines) is 1. The summed E-state index contributed by atoms with van der Waals surface area (Å²) in [6.45, 7) is 3.37. The number of hydrogen-bond donors (Lipinski definition) is 1. The predicted molar refractivity (Wildman–Crippen MR) is 81.4 cm³/mol. The Balaban J connectivity index is 0.00000180. The van der Waals surface area contributed by atoms with Crippen molar-refractivity contribution in [3.8, 4) is 0 Å². The minimum absolute atomic E-state index is 0. The zero-order valence-electron chi connectivity index (χ0n) is 10.6. The molecule has 1 heterocycles. The van der Waals surface area contributed by atoms with Gasteiger partial charge in [-0.3, -0.25) is 4.79 Å². The standard InChI is InChI=1S/C13H16Cl2N2O.ClH/c1-8(16)9-5-6-17(7-9)13(18)12-10(14)3-2-4-11(12)15;/h2-4,8-9H,5-7,16H2,1H3;1H. The molecule has 6 heteroatoms. The highest BCUT2D eigenvalue weighted by Crippen LogP contribution is 2.28. The molecule has 1 aliphatic heterocycles. The normalized spacial score (nSPS) is 20.0. The second-order valence-corrected chi connectivity index (χ2v) is 5.57. The summed E-state index contributed by atoms with van der Waals surface area (Å²) in [5, 5.41) is 0.800. The van der Waals surface area contributed by atoms with E-state index in [1.54, 1.807) is 23.1 Å². The van der Waals surface area contributed by atoms with Crippen LogP contribution in [0.4, 0.5) is 0 Å². The summed E-state index contributed by atoms with van der Waals surface area (Å²) in [6.07, 6.45) is 0.936. The van der Waals surface area contributed by atoms with Crippen LogP contribution >= 0.6 is 35.6 Å². The molecule has 0 spiro atoms. The Labute approximate surface area is 129 Å². The van der Waals surface area contributed by atoms with E-state index < -0.39 is 0 Å². The van der Waals surface area contributed by atoms with Gasteiger partial charge in [0.05, 0.1) is 15.6 Å². The van der Waals surface area contributed by atoms with Gasteiger partial charge in [-0.15, -0.1) is 12.4 Å². The highest BCUT2D eigenvalue weighted by atomic mass is 35.5. The number of hydrogen-bond acceptors (Lipinski definition) is 2. The quantitative estimate of drug-likeness (QED) is 0.908. The second-order valence-electron chi connectivity index (χ2n) is 4.76. The first kappa shape index (κ1) is 16.6. The average Bonchev–Trinajstić information content (AvgIpc) is 2.77. The Morgan fingerprint density at radius 2 is 2.00 bits per heavy atom. The van der Waals surface area contributed by atoms with Crippen molar-refractivity contribution in [1.29, 1.82) is 0 Å². The molecular formula is C13H17Cl3N2O. The van der Waals surface area contributed by atoms with Crippen molar-refractivity contribution in [3.63, 3.8) is 0 Å². The molecule has 1 aromatic carbocycles. The minimum Gasteiger partial charge on any atom is -0.338 e. The molecule has 0 aromatic heterocycles. The molecule has 0 saturated carbocycles. The van der Waals surface area contributed by atoms with Crippen LogP contribution in [0.5, 0.6) is 0 Å². The average molecular weight is 324 g/mol. The summed E-state index contributed by atoms with van der Waals surface area (Å²) in [6, 6.07) is 5.19. The van der Waals surface area contributed by atoms with Gasteiger partial charge in [0.15, 0.2) is 0 Å². The number of carbonyl (C=O) groups is 1. The summed E-state index contributed by atoms with van der Waals surface area (Å²) in [4.78, 5) is 14.2. The van der Waals surface area contributed by atoms with Crippen molar-refractivity contribution in [2.75, 3.05) is 13.1 Å². The van der Waals surface area contributed by atoms with Crippen molar-refractivity contribution < 1.29 is 4.79 Å². The Morgan fingerprint density at radius 1 is 1.42 bits per heavy atom. The monoisotopic (exact) mass is 322 g/mol. The molecule has 1 aliphatic rings. The van der Waals surface area contributed by atoms with Crippen LogP contribution in [0.2, 0.25) is 10.0 Å². The molecule has 3 nitrogen and oxygen atoms in total. The van der Waals surface area contributed by atoms with Crippen LogP contribution in [0.1, 0.15) is 23.7 Å². The van der Waals surface area contributed by atoms with Crippen molar-refractivity contribution in [2.45, 2.75) is 19.4 Å². The number of halogens is 3. The van der Waals surface area contributed by atoms with E-state index in [1.807, 2.05) is 6.92 Å². The molecule has 0 bridgehead atoms. The molecule has 106 valence electrons. The molecule has 2 N–H and O–H groups in total. The van der Waals surface area contributed by atoms with Gasteiger partial charge in [0, 0.05) is 19.1 Å². The SMILES string of the molecule is CC(N)C1CCN(C(=O)c2c(Cl)cccc2Cl)C1.Cl.